The lowest BCUT2D eigenvalue weighted by molar-refractivity contribution is 0.415. The van der Waals surface area contributed by atoms with Crippen molar-refractivity contribution in [2.24, 2.45) is 0 Å². The van der Waals surface area contributed by atoms with Gasteiger partial charge in [-0.15, -0.1) is 0 Å². The predicted octanol–water partition coefficient (Wildman–Crippen LogP) is 2.27. The maximum atomic E-state index is 5.21. The Hall–Kier alpha value is -1.61. The number of pyridine rings is 1. The number of fused-ring (bicyclic) bond motifs is 1. The van der Waals surface area contributed by atoms with Gasteiger partial charge < -0.3 is 10.1 Å². The van der Waals surface area contributed by atoms with Gasteiger partial charge in [0, 0.05) is 17.6 Å². The lowest BCUT2D eigenvalue weighted by Gasteiger charge is -2.08. The number of aryl methyl sites for hydroxylation is 1. The van der Waals surface area contributed by atoms with Crippen LogP contribution in [0.2, 0.25) is 0 Å². The van der Waals surface area contributed by atoms with Crippen molar-refractivity contribution < 1.29 is 4.74 Å². The van der Waals surface area contributed by atoms with Crippen molar-refractivity contribution in [3.8, 4) is 5.75 Å². The van der Waals surface area contributed by atoms with E-state index in [0.717, 1.165) is 28.9 Å². The van der Waals surface area contributed by atoms with E-state index in [-0.39, 0.29) is 0 Å². The molecule has 0 radical (unpaired) electrons. The average Bonchev–Trinajstić information content (AvgIpc) is 2.30. The lowest BCUT2D eigenvalue weighted by atomic mass is 10.1. The van der Waals surface area contributed by atoms with Gasteiger partial charge in [-0.2, -0.15) is 0 Å². The molecule has 3 nitrogen and oxygen atoms in total. The highest BCUT2D eigenvalue weighted by Gasteiger charge is 2.03. The minimum Gasteiger partial charge on any atom is -0.497 e. The largest absolute Gasteiger partial charge is 0.497 e. The Balaban J connectivity index is 2.56. The van der Waals surface area contributed by atoms with E-state index in [0.29, 0.717) is 0 Å². The predicted molar refractivity (Wildman–Crippen MR) is 65.8 cm³/mol. The molecule has 0 saturated heterocycles. The Kier molecular flexibility index (Phi) is 3.06. The molecule has 0 aliphatic heterocycles. The van der Waals surface area contributed by atoms with Crippen molar-refractivity contribution >= 4 is 10.9 Å². The normalized spacial score (nSPS) is 10.7. The zero-order valence-electron chi connectivity index (χ0n) is 9.87. The lowest BCUT2D eigenvalue weighted by Crippen LogP contribution is -2.07. The maximum Gasteiger partial charge on any atom is 0.119 e. The van der Waals surface area contributed by atoms with Gasteiger partial charge >= 0.3 is 0 Å². The van der Waals surface area contributed by atoms with Crippen molar-refractivity contribution in [2.45, 2.75) is 13.5 Å². The molecule has 0 unspecified atom stereocenters. The van der Waals surface area contributed by atoms with Crippen molar-refractivity contribution in [3.05, 3.63) is 35.5 Å². The molecule has 1 aromatic carbocycles. The summed E-state index contributed by atoms with van der Waals surface area (Å²) in [6.45, 7) is 2.88. The van der Waals surface area contributed by atoms with Gasteiger partial charge in [-0.05, 0) is 43.8 Å². The van der Waals surface area contributed by atoms with Crippen LogP contribution < -0.4 is 10.1 Å². The molecule has 0 amide bonds. The molecule has 1 aromatic heterocycles. The number of hydrogen-bond acceptors (Lipinski definition) is 3. The summed E-state index contributed by atoms with van der Waals surface area (Å²) in [5.74, 6) is 0.869. The minimum atomic E-state index is 0.839. The fraction of sp³-hybridized carbons (Fsp3) is 0.308. The molecule has 1 N–H and O–H groups in total. The molecule has 16 heavy (non-hydrogen) atoms. The highest BCUT2D eigenvalue weighted by molar-refractivity contribution is 5.81. The first-order valence-electron chi connectivity index (χ1n) is 5.33. The van der Waals surface area contributed by atoms with Crippen molar-refractivity contribution in [3.63, 3.8) is 0 Å². The number of benzene rings is 1. The molecule has 0 aliphatic rings. The number of methoxy groups -OCH3 is 1. The second-order valence-corrected chi connectivity index (χ2v) is 3.82. The van der Waals surface area contributed by atoms with E-state index in [2.05, 4.69) is 16.4 Å². The summed E-state index contributed by atoms with van der Waals surface area (Å²) < 4.78 is 5.21. The number of aromatic nitrogens is 1. The first-order valence-corrected chi connectivity index (χ1v) is 5.33. The standard InChI is InChI=1S/C13H16N2O/c1-9-11(8-14-2)6-10-7-12(16-3)4-5-13(10)15-9/h4-7,14H,8H2,1-3H3. The van der Waals surface area contributed by atoms with E-state index in [1.54, 1.807) is 7.11 Å². The summed E-state index contributed by atoms with van der Waals surface area (Å²) in [6, 6.07) is 8.11. The van der Waals surface area contributed by atoms with Gasteiger partial charge in [0.1, 0.15) is 5.75 Å². The summed E-state index contributed by atoms with van der Waals surface area (Å²) in [6.07, 6.45) is 0. The van der Waals surface area contributed by atoms with Crippen LogP contribution in [0.25, 0.3) is 10.9 Å². The molecule has 0 bridgehead atoms. The molecule has 2 rings (SSSR count). The molecule has 0 fully saturated rings. The Morgan fingerprint density at radius 3 is 2.81 bits per heavy atom. The fourth-order valence-electron chi connectivity index (χ4n) is 1.79. The van der Waals surface area contributed by atoms with E-state index < -0.39 is 0 Å². The van der Waals surface area contributed by atoms with E-state index >= 15 is 0 Å². The van der Waals surface area contributed by atoms with Crippen molar-refractivity contribution in [1.29, 1.82) is 0 Å². The number of nitrogens with zero attached hydrogens (tertiary/aromatic N) is 1. The third-order valence-electron chi connectivity index (χ3n) is 2.68. The number of hydrogen-bond donors (Lipinski definition) is 1. The first-order chi connectivity index (χ1) is 7.74. The second kappa shape index (κ2) is 4.49. The topological polar surface area (TPSA) is 34.1 Å². The zero-order chi connectivity index (χ0) is 11.5. The summed E-state index contributed by atoms with van der Waals surface area (Å²) >= 11 is 0. The summed E-state index contributed by atoms with van der Waals surface area (Å²) in [4.78, 5) is 4.57. The Morgan fingerprint density at radius 1 is 1.31 bits per heavy atom. The number of ether oxygens (including phenoxy) is 1. The van der Waals surface area contributed by atoms with Crippen LogP contribution in [0.1, 0.15) is 11.3 Å². The summed E-state index contributed by atoms with van der Waals surface area (Å²) in [5.41, 5.74) is 3.31. The van der Waals surface area contributed by atoms with Gasteiger partial charge in [-0.1, -0.05) is 0 Å². The third kappa shape index (κ3) is 1.99. The number of rotatable bonds is 3. The molecule has 1 heterocycles. The number of nitrogens with one attached hydrogen (secondary N) is 1. The van der Waals surface area contributed by atoms with E-state index in [1.165, 1.54) is 5.56 Å². The van der Waals surface area contributed by atoms with Crippen LogP contribution in [-0.4, -0.2) is 19.1 Å². The van der Waals surface area contributed by atoms with E-state index in [1.807, 2.05) is 32.2 Å². The van der Waals surface area contributed by atoms with Crippen LogP contribution in [-0.2, 0) is 6.54 Å². The van der Waals surface area contributed by atoms with Crippen molar-refractivity contribution in [1.82, 2.24) is 10.3 Å². The summed E-state index contributed by atoms with van der Waals surface area (Å²) in [5, 5.41) is 4.27. The van der Waals surface area contributed by atoms with Crippen LogP contribution >= 0.6 is 0 Å². The smallest absolute Gasteiger partial charge is 0.119 e. The molecule has 84 valence electrons. The van der Waals surface area contributed by atoms with Crippen LogP contribution in [0.3, 0.4) is 0 Å². The Morgan fingerprint density at radius 2 is 2.12 bits per heavy atom. The van der Waals surface area contributed by atoms with Crippen LogP contribution in [0.4, 0.5) is 0 Å². The molecule has 3 heteroatoms. The molecule has 0 aliphatic carbocycles. The maximum absolute atomic E-state index is 5.21. The van der Waals surface area contributed by atoms with E-state index in [4.69, 9.17) is 4.74 Å². The van der Waals surface area contributed by atoms with Gasteiger partial charge in [-0.25, -0.2) is 0 Å². The Bertz CT molecular complexity index is 509. The zero-order valence-corrected chi connectivity index (χ0v) is 9.87. The molecule has 0 atom stereocenters. The SMILES string of the molecule is CNCc1cc2cc(OC)ccc2nc1C. The van der Waals surface area contributed by atoms with Gasteiger partial charge in [0.25, 0.3) is 0 Å². The minimum absolute atomic E-state index is 0.839. The van der Waals surface area contributed by atoms with Crippen LogP contribution in [0.5, 0.6) is 5.75 Å². The quantitative estimate of drug-likeness (QED) is 0.854. The van der Waals surface area contributed by atoms with Crippen LogP contribution in [0, 0.1) is 6.92 Å². The van der Waals surface area contributed by atoms with Crippen LogP contribution in [0.15, 0.2) is 24.3 Å². The van der Waals surface area contributed by atoms with E-state index in [9.17, 15) is 0 Å². The highest BCUT2D eigenvalue weighted by atomic mass is 16.5. The molecule has 0 spiro atoms. The average molecular weight is 216 g/mol. The molecular weight excluding hydrogens is 200 g/mol. The highest BCUT2D eigenvalue weighted by Crippen LogP contribution is 2.21. The Labute approximate surface area is 95.5 Å². The molecule has 0 saturated carbocycles. The summed E-state index contributed by atoms with van der Waals surface area (Å²) in [7, 11) is 3.62. The van der Waals surface area contributed by atoms with Gasteiger partial charge in [0.2, 0.25) is 0 Å². The molecule has 2 aromatic rings. The van der Waals surface area contributed by atoms with Gasteiger partial charge in [0.05, 0.1) is 12.6 Å². The van der Waals surface area contributed by atoms with Gasteiger partial charge in [0.15, 0.2) is 0 Å². The fourth-order valence-corrected chi connectivity index (χ4v) is 1.79. The second-order valence-electron chi connectivity index (χ2n) is 3.82. The monoisotopic (exact) mass is 216 g/mol. The third-order valence-corrected chi connectivity index (χ3v) is 2.68. The van der Waals surface area contributed by atoms with Gasteiger partial charge in [-0.3, -0.25) is 4.98 Å². The van der Waals surface area contributed by atoms with Crippen molar-refractivity contribution in [2.75, 3.05) is 14.2 Å². The molecular formula is C13H16N2O. The first kappa shape index (κ1) is 10.9.